The van der Waals surface area contributed by atoms with Crippen LogP contribution in [0.15, 0.2) is 0 Å². The molecule has 1 fully saturated rings. The van der Waals surface area contributed by atoms with Crippen molar-refractivity contribution in [3.8, 4) is 0 Å². The van der Waals surface area contributed by atoms with E-state index in [0.717, 1.165) is 0 Å². The van der Waals surface area contributed by atoms with Gasteiger partial charge in [0.2, 0.25) is 11.8 Å². The molecule has 0 aliphatic carbocycles. The molecule has 0 bridgehead atoms. The first-order valence-corrected chi connectivity index (χ1v) is 11.5. The fourth-order valence-corrected chi connectivity index (χ4v) is 3.35. The van der Waals surface area contributed by atoms with Gasteiger partial charge in [0.1, 0.15) is 30.5 Å². The number of hydrogen-bond donors (Lipinski definition) is 8. The molecule has 15 heteroatoms. The van der Waals surface area contributed by atoms with Crippen LogP contribution < -0.4 is 10.6 Å². The molecule has 0 radical (unpaired) electrons. The number of hydrogen-bond acceptors (Lipinski definition) is 12. The molecule has 0 spiro atoms. The van der Waals surface area contributed by atoms with E-state index in [2.05, 4.69) is 10.6 Å². The first kappa shape index (κ1) is 31.6. The van der Waals surface area contributed by atoms with Gasteiger partial charge in [-0.2, -0.15) is 0 Å². The van der Waals surface area contributed by atoms with Gasteiger partial charge in [0, 0.05) is 12.8 Å². The molecule has 1 aliphatic heterocycles. The molecular weight excluding hydrogens is 488 g/mol. The van der Waals surface area contributed by atoms with Gasteiger partial charge in [0.25, 0.3) is 0 Å². The van der Waals surface area contributed by atoms with Gasteiger partial charge in [-0.1, -0.05) is 0 Å². The molecular formula is C21H36N2O13. The lowest BCUT2D eigenvalue weighted by Crippen LogP contribution is -2.61. The van der Waals surface area contributed by atoms with E-state index in [1.807, 2.05) is 0 Å². The number of carboxylic acid groups (broad SMARTS) is 1. The molecule has 0 aromatic rings. The number of amides is 2. The van der Waals surface area contributed by atoms with Crippen molar-refractivity contribution >= 4 is 23.8 Å². The number of aliphatic hydroxyl groups excluding tert-OH is 5. The molecule has 8 N–H and O–H groups in total. The molecule has 1 rings (SSSR count). The Morgan fingerprint density at radius 3 is 2.19 bits per heavy atom. The van der Waals surface area contributed by atoms with Crippen molar-refractivity contribution in [3.63, 3.8) is 0 Å². The second-order valence-electron chi connectivity index (χ2n) is 8.30. The first-order chi connectivity index (χ1) is 16.8. The maximum Gasteiger partial charge on any atom is 0.331 e. The number of aliphatic carboxylic acids is 1. The zero-order valence-electron chi connectivity index (χ0n) is 20.3. The van der Waals surface area contributed by atoms with E-state index < -0.39 is 85.4 Å². The van der Waals surface area contributed by atoms with Crippen LogP contribution in [-0.4, -0.2) is 123 Å². The van der Waals surface area contributed by atoms with Gasteiger partial charge in [-0.25, -0.2) is 4.79 Å². The fourth-order valence-electron chi connectivity index (χ4n) is 3.35. The third-order valence-electron chi connectivity index (χ3n) is 5.43. The smallest absolute Gasteiger partial charge is 0.331 e. The lowest BCUT2D eigenvalue weighted by Gasteiger charge is -2.40. The summed E-state index contributed by atoms with van der Waals surface area (Å²) in [5.74, 6) is -3.96. The predicted octanol–water partition coefficient (Wildman–Crippen LogP) is -3.64. The molecule has 0 aromatic heterocycles. The highest BCUT2D eigenvalue weighted by molar-refractivity contribution is 5.91. The predicted molar refractivity (Wildman–Crippen MR) is 118 cm³/mol. The minimum atomic E-state index is -1.77. The molecule has 1 saturated heterocycles. The molecule has 9 atom stereocenters. The Hall–Kier alpha value is -2.40. The van der Waals surface area contributed by atoms with E-state index in [9.17, 15) is 44.7 Å². The normalized spacial score (nSPS) is 27.3. The van der Waals surface area contributed by atoms with Gasteiger partial charge in [0.05, 0.1) is 25.4 Å². The standard InChI is InChI=1S/C21H36N2O13/c1-4-34-20(33)14(9(2)35-21-18(31)17(30)16(29)10(3)36-21)23-19(32)15(11(25)8-24)22-12(26)6-5-7-13(27)28/h9-11,14-18,21,24-25,29-31H,4-8H2,1-3H3,(H,22,26)(H,23,32)(H,27,28)/t9-,10+,11-,14+,15+,16-,17-,18+,21-/m1/s1. The summed E-state index contributed by atoms with van der Waals surface area (Å²) in [5, 5.41) is 62.4. The summed E-state index contributed by atoms with van der Waals surface area (Å²) in [7, 11) is 0. The van der Waals surface area contributed by atoms with Crippen molar-refractivity contribution in [1.82, 2.24) is 10.6 Å². The lowest BCUT2D eigenvalue weighted by atomic mass is 10.00. The van der Waals surface area contributed by atoms with Gasteiger partial charge in [0.15, 0.2) is 12.3 Å². The number of rotatable bonds is 14. The third-order valence-corrected chi connectivity index (χ3v) is 5.43. The highest BCUT2D eigenvalue weighted by Crippen LogP contribution is 2.23. The third kappa shape index (κ3) is 9.24. The molecule has 2 amide bonds. The van der Waals surface area contributed by atoms with E-state index in [-0.39, 0.29) is 25.9 Å². The Morgan fingerprint density at radius 2 is 1.64 bits per heavy atom. The highest BCUT2D eigenvalue weighted by Gasteiger charge is 2.44. The quantitative estimate of drug-likeness (QED) is 0.102. The van der Waals surface area contributed by atoms with Crippen LogP contribution in [0.2, 0.25) is 0 Å². The van der Waals surface area contributed by atoms with Gasteiger partial charge in [-0.3, -0.25) is 14.4 Å². The van der Waals surface area contributed by atoms with Crippen LogP contribution in [0.25, 0.3) is 0 Å². The van der Waals surface area contributed by atoms with Crippen LogP contribution in [0, 0.1) is 0 Å². The minimum Gasteiger partial charge on any atom is -0.481 e. The van der Waals surface area contributed by atoms with Crippen molar-refractivity contribution in [2.75, 3.05) is 13.2 Å². The zero-order chi connectivity index (χ0) is 27.6. The molecule has 1 heterocycles. The molecule has 0 saturated carbocycles. The SMILES string of the molecule is CCOC(=O)[C@@H](NC(=O)[C@@H](NC(=O)CCCC(=O)O)[C@H](O)CO)[C@@H](C)O[C@@H]1O[C@@H](C)[C@@H](O)[C@@H](O)[C@@H]1O. The highest BCUT2D eigenvalue weighted by atomic mass is 16.7. The summed E-state index contributed by atoms with van der Waals surface area (Å²) in [6.45, 7) is 3.24. The van der Waals surface area contributed by atoms with Crippen LogP contribution >= 0.6 is 0 Å². The van der Waals surface area contributed by atoms with E-state index >= 15 is 0 Å². The molecule has 208 valence electrons. The van der Waals surface area contributed by atoms with Crippen molar-refractivity contribution < 1.29 is 64.0 Å². The van der Waals surface area contributed by atoms with Crippen LogP contribution in [-0.2, 0) is 33.4 Å². The molecule has 1 aliphatic rings. The summed E-state index contributed by atoms with van der Waals surface area (Å²) in [6, 6.07) is -3.27. The Balaban J connectivity index is 2.98. The number of carboxylic acids is 1. The Labute approximate surface area is 207 Å². The average molecular weight is 525 g/mol. The van der Waals surface area contributed by atoms with Gasteiger partial charge < -0.3 is 55.5 Å². The van der Waals surface area contributed by atoms with E-state index in [1.165, 1.54) is 20.8 Å². The summed E-state index contributed by atoms with van der Waals surface area (Å²) < 4.78 is 15.8. The van der Waals surface area contributed by atoms with Crippen LogP contribution in [0.4, 0.5) is 0 Å². The maximum absolute atomic E-state index is 12.9. The van der Waals surface area contributed by atoms with Crippen LogP contribution in [0.3, 0.4) is 0 Å². The minimum absolute atomic E-state index is 0.0380. The Kier molecular flexibility index (Phi) is 13.2. The van der Waals surface area contributed by atoms with Crippen LogP contribution in [0.5, 0.6) is 0 Å². The number of carbonyl (C=O) groups excluding carboxylic acids is 3. The summed E-state index contributed by atoms with van der Waals surface area (Å²) >= 11 is 0. The van der Waals surface area contributed by atoms with Gasteiger partial charge in [-0.15, -0.1) is 0 Å². The van der Waals surface area contributed by atoms with Crippen molar-refractivity contribution in [2.45, 2.75) is 95.0 Å². The second-order valence-corrected chi connectivity index (χ2v) is 8.30. The Bertz CT molecular complexity index is 751. The maximum atomic E-state index is 12.9. The lowest BCUT2D eigenvalue weighted by molar-refractivity contribution is -0.304. The number of nitrogens with one attached hydrogen (secondary N) is 2. The molecule has 36 heavy (non-hydrogen) atoms. The van der Waals surface area contributed by atoms with E-state index in [1.54, 1.807) is 0 Å². The monoisotopic (exact) mass is 524 g/mol. The van der Waals surface area contributed by atoms with E-state index in [0.29, 0.717) is 0 Å². The molecule has 0 aromatic carbocycles. The summed E-state index contributed by atoms with van der Waals surface area (Å²) in [4.78, 5) is 48.2. The molecule has 0 unspecified atom stereocenters. The Morgan fingerprint density at radius 1 is 1.00 bits per heavy atom. The number of ether oxygens (including phenoxy) is 3. The van der Waals surface area contributed by atoms with Crippen LogP contribution in [0.1, 0.15) is 40.0 Å². The largest absolute Gasteiger partial charge is 0.481 e. The number of aliphatic hydroxyl groups is 5. The number of carbonyl (C=O) groups is 4. The van der Waals surface area contributed by atoms with Crippen molar-refractivity contribution in [2.24, 2.45) is 0 Å². The van der Waals surface area contributed by atoms with Crippen molar-refractivity contribution in [1.29, 1.82) is 0 Å². The summed E-state index contributed by atoms with van der Waals surface area (Å²) in [5.41, 5.74) is 0. The van der Waals surface area contributed by atoms with E-state index in [4.69, 9.17) is 19.3 Å². The fraction of sp³-hybridized carbons (Fsp3) is 0.810. The topological polar surface area (TPSA) is 241 Å². The number of esters is 1. The van der Waals surface area contributed by atoms with Gasteiger partial charge in [-0.05, 0) is 27.2 Å². The second kappa shape index (κ2) is 15.0. The summed E-state index contributed by atoms with van der Waals surface area (Å²) in [6.07, 6.45) is -10.8. The molecule has 15 nitrogen and oxygen atoms in total. The average Bonchev–Trinajstić information content (AvgIpc) is 2.82. The van der Waals surface area contributed by atoms with Crippen molar-refractivity contribution in [3.05, 3.63) is 0 Å². The zero-order valence-corrected chi connectivity index (χ0v) is 20.3. The van der Waals surface area contributed by atoms with Gasteiger partial charge >= 0.3 is 11.9 Å². The first-order valence-electron chi connectivity index (χ1n) is 11.5.